The zero-order valence-electron chi connectivity index (χ0n) is 18.2. The van der Waals surface area contributed by atoms with Crippen molar-refractivity contribution in [3.63, 3.8) is 0 Å². The van der Waals surface area contributed by atoms with Gasteiger partial charge in [-0.1, -0.05) is 23.2 Å². The number of hydrogen-bond acceptors (Lipinski definition) is 6. The molecule has 1 aromatic heterocycles. The Bertz CT molecular complexity index is 1360. The van der Waals surface area contributed by atoms with Crippen molar-refractivity contribution >= 4 is 67.3 Å². The van der Waals surface area contributed by atoms with Crippen LogP contribution in [0.1, 0.15) is 18.2 Å². The lowest BCUT2D eigenvalue weighted by molar-refractivity contribution is -0.125. The average Bonchev–Trinajstić information content (AvgIpc) is 3.16. The van der Waals surface area contributed by atoms with E-state index in [9.17, 15) is 18.0 Å². The van der Waals surface area contributed by atoms with Gasteiger partial charge in [-0.15, -0.1) is 0 Å². The van der Waals surface area contributed by atoms with Crippen molar-refractivity contribution < 1.29 is 22.7 Å². The molecule has 4 rings (SSSR count). The molecule has 1 aliphatic rings. The lowest BCUT2D eigenvalue weighted by atomic mass is 10.0. The van der Waals surface area contributed by atoms with E-state index in [1.165, 1.54) is 4.90 Å². The van der Waals surface area contributed by atoms with Gasteiger partial charge in [-0.25, -0.2) is 13.4 Å². The summed E-state index contributed by atoms with van der Waals surface area (Å²) < 4.78 is 28.7. The minimum atomic E-state index is -3.31. The Labute approximate surface area is 206 Å². The van der Waals surface area contributed by atoms with E-state index in [4.69, 9.17) is 27.9 Å². The molecule has 2 aromatic carbocycles. The number of aromatic nitrogens is 2. The summed E-state index contributed by atoms with van der Waals surface area (Å²) in [4.78, 5) is 34.4. The summed E-state index contributed by atoms with van der Waals surface area (Å²) in [6.45, 7) is 0.777. The van der Waals surface area contributed by atoms with Crippen LogP contribution in [-0.4, -0.2) is 62.0 Å². The maximum atomic E-state index is 13.2. The Hall–Kier alpha value is -2.66. The van der Waals surface area contributed by atoms with Crippen molar-refractivity contribution in [3.8, 4) is 0 Å². The first kappa shape index (κ1) is 24.5. The van der Waals surface area contributed by atoms with Crippen molar-refractivity contribution in [2.75, 3.05) is 42.0 Å². The Morgan fingerprint density at radius 1 is 1.26 bits per heavy atom. The molecule has 34 heavy (non-hydrogen) atoms. The molecule has 180 valence electrons. The number of benzene rings is 2. The number of morpholine rings is 1. The molecular formula is C22H22Cl2N4O5S. The fourth-order valence-corrected chi connectivity index (χ4v) is 4.81. The van der Waals surface area contributed by atoms with Crippen LogP contribution in [0, 0.1) is 0 Å². The fourth-order valence-electron chi connectivity index (χ4n) is 3.70. The van der Waals surface area contributed by atoms with E-state index < -0.39 is 21.7 Å². The normalized spacial score (nSPS) is 15.5. The summed E-state index contributed by atoms with van der Waals surface area (Å²) in [5.41, 5.74) is 2.18. The molecule has 1 unspecified atom stereocenters. The lowest BCUT2D eigenvalue weighted by Gasteiger charge is -2.27. The van der Waals surface area contributed by atoms with Gasteiger partial charge in [0.25, 0.3) is 5.91 Å². The molecule has 3 aromatic rings. The third-order valence-corrected chi connectivity index (χ3v) is 6.89. The van der Waals surface area contributed by atoms with Gasteiger partial charge in [0, 0.05) is 23.5 Å². The average molecular weight is 525 g/mol. The molecule has 2 amide bonds. The molecule has 0 spiro atoms. The first-order valence-electron chi connectivity index (χ1n) is 10.4. The van der Waals surface area contributed by atoms with E-state index >= 15 is 0 Å². The van der Waals surface area contributed by atoms with E-state index in [0.29, 0.717) is 51.4 Å². The van der Waals surface area contributed by atoms with Crippen LogP contribution in [0.5, 0.6) is 0 Å². The molecule has 2 N–H and O–H groups in total. The van der Waals surface area contributed by atoms with Crippen LogP contribution in [0.25, 0.3) is 11.0 Å². The quantitative estimate of drug-likeness (QED) is 0.488. The number of H-pyrrole nitrogens is 1. The largest absolute Gasteiger partial charge is 0.370 e. The van der Waals surface area contributed by atoms with Gasteiger partial charge in [0.1, 0.15) is 22.3 Å². The van der Waals surface area contributed by atoms with Crippen LogP contribution in [0.2, 0.25) is 10.0 Å². The molecule has 0 radical (unpaired) electrons. The van der Waals surface area contributed by atoms with Crippen LogP contribution in [0.4, 0.5) is 11.4 Å². The monoisotopic (exact) mass is 524 g/mol. The highest BCUT2D eigenvalue weighted by atomic mass is 35.5. The summed E-state index contributed by atoms with van der Waals surface area (Å²) in [5, 5.41) is 3.58. The number of halogens is 2. The highest BCUT2D eigenvalue weighted by molar-refractivity contribution is 7.90. The number of nitrogens with zero attached hydrogens (tertiary/aromatic N) is 2. The fraction of sp³-hybridized carbons (Fsp3) is 0.318. The number of carbonyl (C=O) groups is 2. The van der Waals surface area contributed by atoms with Crippen LogP contribution in [0.3, 0.4) is 0 Å². The van der Waals surface area contributed by atoms with Crippen LogP contribution in [0.15, 0.2) is 36.4 Å². The second-order valence-corrected chi connectivity index (χ2v) is 11.1. The molecule has 1 atom stereocenters. The standard InChI is InChI=1S/C22H22Cl2N4O5S/c1-34(31,32)9-6-15(21-26-17-4-2-13(23)10-18(17)27-21)22(30)25-14-3-5-19(16(24)11-14)28-7-8-33-12-20(28)29/h2-5,10-11,15H,6-9,12H2,1H3,(H,25,30)(H,26,27). The number of nitrogens with one attached hydrogen (secondary N) is 2. The van der Waals surface area contributed by atoms with Crippen molar-refractivity contribution in [3.05, 3.63) is 52.3 Å². The number of sulfone groups is 1. The summed E-state index contributed by atoms with van der Waals surface area (Å²) in [7, 11) is -3.31. The summed E-state index contributed by atoms with van der Waals surface area (Å²) in [6.07, 6.45) is 1.15. The highest BCUT2D eigenvalue weighted by Gasteiger charge is 2.27. The van der Waals surface area contributed by atoms with Gasteiger partial charge in [0.2, 0.25) is 5.91 Å². The van der Waals surface area contributed by atoms with Crippen LogP contribution in [-0.2, 0) is 24.2 Å². The van der Waals surface area contributed by atoms with Gasteiger partial charge >= 0.3 is 0 Å². The minimum absolute atomic E-state index is 0.0143. The predicted octanol–water partition coefficient (Wildman–Crippen LogP) is 3.39. The minimum Gasteiger partial charge on any atom is -0.370 e. The number of hydrogen-bond donors (Lipinski definition) is 2. The highest BCUT2D eigenvalue weighted by Crippen LogP contribution is 2.31. The molecule has 0 aliphatic carbocycles. The molecular weight excluding hydrogens is 503 g/mol. The summed E-state index contributed by atoms with van der Waals surface area (Å²) >= 11 is 12.4. The zero-order chi connectivity index (χ0) is 24.5. The van der Waals surface area contributed by atoms with Crippen LogP contribution < -0.4 is 10.2 Å². The second kappa shape index (κ2) is 9.91. The number of aromatic amines is 1. The van der Waals surface area contributed by atoms with Gasteiger partial charge in [-0.2, -0.15) is 0 Å². The zero-order valence-corrected chi connectivity index (χ0v) is 20.5. The second-order valence-electron chi connectivity index (χ2n) is 8.01. The molecule has 0 saturated carbocycles. The molecule has 1 aliphatic heterocycles. The number of carbonyl (C=O) groups excluding carboxylic acids is 2. The van der Waals surface area contributed by atoms with E-state index in [-0.39, 0.29) is 24.7 Å². The Kier molecular flexibility index (Phi) is 7.13. The van der Waals surface area contributed by atoms with Gasteiger partial charge < -0.3 is 19.9 Å². The number of imidazole rings is 1. The Morgan fingerprint density at radius 3 is 2.76 bits per heavy atom. The van der Waals surface area contributed by atoms with E-state index in [1.54, 1.807) is 36.4 Å². The predicted molar refractivity (Wildman–Crippen MR) is 131 cm³/mol. The van der Waals surface area contributed by atoms with E-state index in [2.05, 4.69) is 15.3 Å². The Morgan fingerprint density at radius 2 is 2.06 bits per heavy atom. The van der Waals surface area contributed by atoms with Crippen LogP contribution >= 0.6 is 23.2 Å². The van der Waals surface area contributed by atoms with Gasteiger partial charge in [0.15, 0.2) is 0 Å². The maximum Gasteiger partial charge on any atom is 0.253 e. The first-order valence-corrected chi connectivity index (χ1v) is 13.2. The first-order chi connectivity index (χ1) is 16.1. The van der Waals surface area contributed by atoms with E-state index in [0.717, 1.165) is 6.26 Å². The number of amides is 2. The lowest BCUT2D eigenvalue weighted by Crippen LogP contribution is -2.41. The third-order valence-electron chi connectivity index (χ3n) is 5.38. The summed E-state index contributed by atoms with van der Waals surface area (Å²) in [6, 6.07) is 9.91. The smallest absolute Gasteiger partial charge is 0.253 e. The van der Waals surface area contributed by atoms with Crippen molar-refractivity contribution in [1.29, 1.82) is 0 Å². The van der Waals surface area contributed by atoms with Gasteiger partial charge in [0.05, 0.1) is 40.0 Å². The SMILES string of the molecule is CS(=O)(=O)CCC(C(=O)Nc1ccc(N2CCOCC2=O)c(Cl)c1)c1nc2ccc(Cl)cc2[nH]1. The number of fused-ring (bicyclic) bond motifs is 1. The maximum absolute atomic E-state index is 13.2. The molecule has 12 heteroatoms. The molecule has 0 bridgehead atoms. The molecule has 9 nitrogen and oxygen atoms in total. The van der Waals surface area contributed by atoms with E-state index in [1.807, 2.05) is 0 Å². The van der Waals surface area contributed by atoms with Gasteiger partial charge in [-0.3, -0.25) is 9.59 Å². The molecule has 2 heterocycles. The van der Waals surface area contributed by atoms with Crippen molar-refractivity contribution in [1.82, 2.24) is 9.97 Å². The number of anilines is 2. The summed E-state index contributed by atoms with van der Waals surface area (Å²) in [5.74, 6) is -1.36. The topological polar surface area (TPSA) is 121 Å². The van der Waals surface area contributed by atoms with Crippen molar-refractivity contribution in [2.24, 2.45) is 0 Å². The molecule has 1 fully saturated rings. The Balaban J connectivity index is 1.58. The van der Waals surface area contributed by atoms with Crippen molar-refractivity contribution in [2.45, 2.75) is 12.3 Å². The number of ether oxygens (including phenoxy) is 1. The molecule has 1 saturated heterocycles. The third kappa shape index (κ3) is 5.69. The number of rotatable bonds is 7. The van der Waals surface area contributed by atoms with Gasteiger partial charge in [-0.05, 0) is 42.8 Å².